The van der Waals surface area contributed by atoms with Crippen molar-refractivity contribution in [2.75, 3.05) is 19.0 Å². The zero-order valence-electron chi connectivity index (χ0n) is 15.2. The van der Waals surface area contributed by atoms with Crippen molar-refractivity contribution in [1.29, 1.82) is 0 Å². The Morgan fingerprint density at radius 1 is 1.27 bits per heavy atom. The van der Waals surface area contributed by atoms with E-state index in [1.54, 1.807) is 12.1 Å². The summed E-state index contributed by atoms with van der Waals surface area (Å²) in [6.07, 6.45) is 0.602. The zero-order chi connectivity index (χ0) is 19.1. The number of rotatable bonds is 6. The summed E-state index contributed by atoms with van der Waals surface area (Å²) in [5, 5.41) is 17.0. The summed E-state index contributed by atoms with van der Waals surface area (Å²) >= 11 is 0. The molecule has 26 heavy (non-hydrogen) atoms. The fraction of sp³-hybridized carbons (Fsp3) is 0.421. The monoisotopic (exact) mass is 360 g/mol. The van der Waals surface area contributed by atoms with Crippen LogP contribution < -0.4 is 5.32 Å². The second kappa shape index (κ2) is 9.03. The molecule has 0 bridgehead atoms. The molecule has 0 aromatic heterocycles. The molecule has 0 spiro atoms. The van der Waals surface area contributed by atoms with Crippen LogP contribution in [-0.4, -0.2) is 36.4 Å². The van der Waals surface area contributed by atoms with Crippen molar-refractivity contribution in [1.82, 2.24) is 0 Å². The first-order valence-corrected chi connectivity index (χ1v) is 8.59. The maximum absolute atomic E-state index is 12.6. The summed E-state index contributed by atoms with van der Waals surface area (Å²) in [6, 6.07) is 7.13. The molecule has 7 heteroatoms. The van der Waals surface area contributed by atoms with Crippen LogP contribution in [0.15, 0.2) is 40.8 Å². The fourth-order valence-electron chi connectivity index (χ4n) is 2.89. The maximum atomic E-state index is 12.6. The number of carbonyl (C=O) groups is 2. The van der Waals surface area contributed by atoms with Gasteiger partial charge in [0.15, 0.2) is 5.78 Å². The number of aliphatic hydroxyl groups is 1. The van der Waals surface area contributed by atoms with Gasteiger partial charge in [-0.1, -0.05) is 24.2 Å². The molecule has 1 amide bonds. The van der Waals surface area contributed by atoms with Crippen molar-refractivity contribution in [3.05, 3.63) is 41.2 Å². The average molecular weight is 360 g/mol. The second-order valence-corrected chi connectivity index (χ2v) is 5.90. The number of carbonyl (C=O) groups excluding carboxylic acids is 2. The predicted molar refractivity (Wildman–Crippen MR) is 98.5 cm³/mol. The number of nitrogens with one attached hydrogen (secondary N) is 1. The van der Waals surface area contributed by atoms with Gasteiger partial charge < -0.3 is 14.7 Å². The number of amides is 1. The molecule has 2 N–H and O–H groups in total. The number of hydrogen-bond donors (Lipinski definition) is 2. The number of ketones is 1. The molecule has 0 heterocycles. The normalized spacial score (nSPS) is 17.9. The van der Waals surface area contributed by atoms with E-state index in [0.29, 0.717) is 30.8 Å². The Kier molecular flexibility index (Phi) is 6.77. The van der Waals surface area contributed by atoms with Crippen LogP contribution in [-0.2, 0) is 14.4 Å². The molecule has 1 unspecified atom stereocenters. The summed E-state index contributed by atoms with van der Waals surface area (Å²) < 4.78 is 4.55. The number of nitrogens with zero attached hydrogens (tertiary/aromatic N) is 1. The lowest BCUT2D eigenvalue weighted by atomic mass is 9.81. The Balaban J connectivity index is 2.17. The third-order valence-corrected chi connectivity index (χ3v) is 4.18. The van der Waals surface area contributed by atoms with Gasteiger partial charge >= 0.3 is 6.09 Å². The number of anilines is 1. The maximum Gasteiger partial charge on any atom is 0.411 e. The summed E-state index contributed by atoms with van der Waals surface area (Å²) in [7, 11) is 1.30. The van der Waals surface area contributed by atoms with Crippen molar-refractivity contribution < 1.29 is 24.3 Å². The summed E-state index contributed by atoms with van der Waals surface area (Å²) in [5.74, 6) is -0.220. The van der Waals surface area contributed by atoms with Gasteiger partial charge in [0.2, 0.25) is 0 Å². The van der Waals surface area contributed by atoms with Gasteiger partial charge in [-0.25, -0.2) is 4.79 Å². The molecule has 0 radical (unpaired) electrons. The highest BCUT2D eigenvalue weighted by Crippen LogP contribution is 2.34. The summed E-state index contributed by atoms with van der Waals surface area (Å²) in [6.45, 7) is 4.08. The SMILES string of the molecule is CCO/N=C(/CC)C1=C(O)CC(c2ccc(NC(=O)OC)cc2)CC1=O. The van der Waals surface area contributed by atoms with Crippen molar-refractivity contribution in [3.63, 3.8) is 0 Å². The number of methoxy groups -OCH3 is 1. The van der Waals surface area contributed by atoms with Crippen molar-refractivity contribution in [3.8, 4) is 0 Å². The molecule has 0 saturated carbocycles. The van der Waals surface area contributed by atoms with Gasteiger partial charge in [-0.2, -0.15) is 0 Å². The first kappa shape index (κ1) is 19.5. The van der Waals surface area contributed by atoms with Gasteiger partial charge in [0.1, 0.15) is 12.4 Å². The molecular weight excluding hydrogens is 336 g/mol. The van der Waals surface area contributed by atoms with E-state index in [1.165, 1.54) is 7.11 Å². The van der Waals surface area contributed by atoms with Gasteiger partial charge in [-0.15, -0.1) is 0 Å². The number of Topliss-reactive ketones (excluding diaryl/α,β-unsaturated/α-hetero) is 1. The molecule has 0 aliphatic heterocycles. The number of allylic oxidation sites excluding steroid dienone is 2. The van der Waals surface area contributed by atoms with Crippen LogP contribution in [0.5, 0.6) is 0 Å². The number of oxime groups is 1. The van der Waals surface area contributed by atoms with Gasteiger partial charge in [0.25, 0.3) is 0 Å². The summed E-state index contributed by atoms with van der Waals surface area (Å²) in [5.41, 5.74) is 2.27. The molecule has 1 atom stereocenters. The Labute approximate surface area is 152 Å². The molecule has 1 aliphatic rings. The van der Waals surface area contributed by atoms with E-state index in [-0.39, 0.29) is 29.5 Å². The van der Waals surface area contributed by atoms with Crippen molar-refractivity contribution >= 4 is 23.3 Å². The summed E-state index contributed by atoms with van der Waals surface area (Å²) in [4.78, 5) is 28.8. The van der Waals surface area contributed by atoms with Crippen LogP contribution in [0.2, 0.25) is 0 Å². The third kappa shape index (κ3) is 4.62. The highest BCUT2D eigenvalue weighted by molar-refractivity contribution is 6.23. The minimum Gasteiger partial charge on any atom is -0.511 e. The Bertz CT molecular complexity index is 722. The van der Waals surface area contributed by atoms with Gasteiger partial charge in [0.05, 0.1) is 18.4 Å². The van der Waals surface area contributed by atoms with Crippen LogP contribution >= 0.6 is 0 Å². The number of hydrogen-bond acceptors (Lipinski definition) is 6. The molecule has 1 aromatic rings. The van der Waals surface area contributed by atoms with E-state index in [4.69, 9.17) is 4.84 Å². The van der Waals surface area contributed by atoms with Crippen molar-refractivity contribution in [2.45, 2.75) is 39.0 Å². The first-order valence-electron chi connectivity index (χ1n) is 8.59. The first-order chi connectivity index (χ1) is 12.5. The quantitative estimate of drug-likeness (QED) is 0.592. The second-order valence-electron chi connectivity index (χ2n) is 5.90. The minimum absolute atomic E-state index is 0.0447. The molecular formula is C19H24N2O5. The number of ether oxygens (including phenoxy) is 1. The lowest BCUT2D eigenvalue weighted by Gasteiger charge is -2.24. The van der Waals surface area contributed by atoms with E-state index < -0.39 is 6.09 Å². The molecule has 7 nitrogen and oxygen atoms in total. The average Bonchev–Trinajstić information content (AvgIpc) is 2.64. The van der Waals surface area contributed by atoms with Crippen LogP contribution in [0.1, 0.15) is 44.6 Å². The molecule has 2 rings (SSSR count). The van der Waals surface area contributed by atoms with Crippen molar-refractivity contribution in [2.24, 2.45) is 5.16 Å². The van der Waals surface area contributed by atoms with E-state index in [2.05, 4.69) is 15.2 Å². The van der Waals surface area contributed by atoms with E-state index in [0.717, 1.165) is 5.56 Å². The Morgan fingerprint density at radius 2 is 1.96 bits per heavy atom. The zero-order valence-corrected chi connectivity index (χ0v) is 15.2. The topological polar surface area (TPSA) is 97.2 Å². The molecule has 0 fully saturated rings. The molecule has 140 valence electrons. The molecule has 1 aliphatic carbocycles. The lowest BCUT2D eigenvalue weighted by molar-refractivity contribution is -0.116. The number of benzene rings is 1. The molecule has 1 aromatic carbocycles. The van der Waals surface area contributed by atoms with Gasteiger partial charge in [-0.05, 0) is 37.0 Å². The van der Waals surface area contributed by atoms with E-state index in [1.807, 2.05) is 26.0 Å². The third-order valence-electron chi connectivity index (χ3n) is 4.18. The van der Waals surface area contributed by atoms with Crippen LogP contribution in [0.3, 0.4) is 0 Å². The van der Waals surface area contributed by atoms with Crippen LogP contribution in [0.4, 0.5) is 10.5 Å². The minimum atomic E-state index is -0.545. The van der Waals surface area contributed by atoms with Gasteiger partial charge in [0, 0.05) is 18.5 Å². The Morgan fingerprint density at radius 3 is 2.50 bits per heavy atom. The predicted octanol–water partition coefficient (Wildman–Crippen LogP) is 3.93. The highest BCUT2D eigenvalue weighted by atomic mass is 16.6. The number of aliphatic hydroxyl groups excluding tert-OH is 1. The fourth-order valence-corrected chi connectivity index (χ4v) is 2.89. The lowest BCUT2D eigenvalue weighted by Crippen LogP contribution is -2.23. The van der Waals surface area contributed by atoms with Crippen LogP contribution in [0, 0.1) is 0 Å². The van der Waals surface area contributed by atoms with Gasteiger partial charge in [-0.3, -0.25) is 10.1 Å². The van der Waals surface area contributed by atoms with E-state index in [9.17, 15) is 14.7 Å². The molecule has 0 saturated heterocycles. The Hall–Kier alpha value is -2.83. The van der Waals surface area contributed by atoms with E-state index >= 15 is 0 Å². The smallest absolute Gasteiger partial charge is 0.411 e. The van der Waals surface area contributed by atoms with Crippen LogP contribution in [0.25, 0.3) is 0 Å². The highest BCUT2D eigenvalue weighted by Gasteiger charge is 2.31. The standard InChI is InChI=1S/C19H24N2O5/c1-4-15(21-26-5-2)18-16(22)10-13(11-17(18)23)12-6-8-14(9-7-12)20-19(24)25-3/h6-9,13,22H,4-5,10-11H2,1-3H3,(H,20,24)/b21-15-. The largest absolute Gasteiger partial charge is 0.511 e.